The molecule has 0 N–H and O–H groups in total. The molecule has 0 bridgehead atoms. The number of fused-ring (bicyclic) bond motifs is 1. The molecule has 0 saturated carbocycles. The summed E-state index contributed by atoms with van der Waals surface area (Å²) in [5, 5.41) is 4.02. The molecule has 1 aliphatic heterocycles. The SMILES string of the molecule is COC(C)(C)c1nc(-c2ccc3c(c2)CCO3)no1. The van der Waals surface area contributed by atoms with Crippen LogP contribution in [0, 0.1) is 0 Å². The molecule has 1 aromatic heterocycles. The van der Waals surface area contributed by atoms with Crippen molar-refractivity contribution in [2.24, 2.45) is 0 Å². The van der Waals surface area contributed by atoms with Crippen LogP contribution in [0.2, 0.25) is 0 Å². The molecule has 0 saturated heterocycles. The van der Waals surface area contributed by atoms with Gasteiger partial charge in [0.15, 0.2) is 0 Å². The predicted molar refractivity (Wildman–Crippen MR) is 69.0 cm³/mol. The molecule has 0 spiro atoms. The summed E-state index contributed by atoms with van der Waals surface area (Å²) >= 11 is 0. The third kappa shape index (κ3) is 2.10. The van der Waals surface area contributed by atoms with Crippen molar-refractivity contribution >= 4 is 0 Å². The standard InChI is InChI=1S/C14H16N2O3/c1-14(2,17-3)13-15-12(16-19-13)10-4-5-11-9(8-10)6-7-18-11/h4-5,8H,6-7H2,1-3H3. The summed E-state index contributed by atoms with van der Waals surface area (Å²) < 4.78 is 16.1. The molecule has 1 aromatic carbocycles. The maximum absolute atomic E-state index is 5.48. The van der Waals surface area contributed by atoms with Gasteiger partial charge in [-0.25, -0.2) is 0 Å². The van der Waals surface area contributed by atoms with Crippen molar-refractivity contribution in [3.8, 4) is 17.1 Å². The minimum Gasteiger partial charge on any atom is -0.493 e. The van der Waals surface area contributed by atoms with E-state index in [1.807, 2.05) is 26.0 Å². The predicted octanol–water partition coefficient (Wildman–Crippen LogP) is 2.55. The van der Waals surface area contributed by atoms with Crippen molar-refractivity contribution in [1.29, 1.82) is 0 Å². The molecule has 1 aliphatic rings. The highest BCUT2D eigenvalue weighted by atomic mass is 16.5. The quantitative estimate of drug-likeness (QED) is 0.848. The number of hydrogen-bond acceptors (Lipinski definition) is 5. The fourth-order valence-corrected chi connectivity index (χ4v) is 2.00. The molecule has 0 atom stereocenters. The lowest BCUT2D eigenvalue weighted by atomic mass is 10.1. The summed E-state index contributed by atoms with van der Waals surface area (Å²) in [5.41, 5.74) is 1.55. The van der Waals surface area contributed by atoms with E-state index >= 15 is 0 Å². The Bertz CT molecular complexity index is 604. The van der Waals surface area contributed by atoms with Gasteiger partial charge in [0.25, 0.3) is 5.89 Å². The minimum atomic E-state index is -0.578. The zero-order valence-electron chi connectivity index (χ0n) is 11.3. The Labute approximate surface area is 111 Å². The van der Waals surface area contributed by atoms with E-state index in [2.05, 4.69) is 16.2 Å². The Hall–Kier alpha value is -1.88. The second kappa shape index (κ2) is 4.35. The van der Waals surface area contributed by atoms with Gasteiger partial charge in [-0.2, -0.15) is 4.98 Å². The van der Waals surface area contributed by atoms with E-state index in [0.717, 1.165) is 24.3 Å². The van der Waals surface area contributed by atoms with Gasteiger partial charge >= 0.3 is 0 Å². The highest BCUT2D eigenvalue weighted by Gasteiger charge is 2.27. The molecule has 0 radical (unpaired) electrons. The van der Waals surface area contributed by atoms with Gasteiger partial charge in [0, 0.05) is 19.1 Å². The van der Waals surface area contributed by atoms with Crippen LogP contribution >= 0.6 is 0 Å². The molecular formula is C14H16N2O3. The number of aromatic nitrogens is 2. The number of nitrogens with zero attached hydrogens (tertiary/aromatic N) is 2. The van der Waals surface area contributed by atoms with E-state index in [4.69, 9.17) is 14.0 Å². The highest BCUT2D eigenvalue weighted by molar-refractivity contribution is 5.59. The third-order valence-corrected chi connectivity index (χ3v) is 3.40. The van der Waals surface area contributed by atoms with Gasteiger partial charge in [-0.1, -0.05) is 5.16 Å². The highest BCUT2D eigenvalue weighted by Crippen LogP contribution is 2.30. The lowest BCUT2D eigenvalue weighted by molar-refractivity contribution is -0.00786. The second-order valence-electron chi connectivity index (χ2n) is 5.06. The van der Waals surface area contributed by atoms with Crippen LogP contribution in [0.15, 0.2) is 22.7 Å². The largest absolute Gasteiger partial charge is 0.493 e. The second-order valence-corrected chi connectivity index (χ2v) is 5.06. The lowest BCUT2D eigenvalue weighted by Gasteiger charge is -2.16. The molecule has 2 heterocycles. The number of rotatable bonds is 3. The summed E-state index contributed by atoms with van der Waals surface area (Å²) in [4.78, 5) is 4.40. The number of benzene rings is 1. The molecular weight excluding hydrogens is 244 g/mol. The number of ether oxygens (including phenoxy) is 2. The van der Waals surface area contributed by atoms with Gasteiger partial charge in [0.05, 0.1) is 6.61 Å². The first-order valence-electron chi connectivity index (χ1n) is 6.25. The molecule has 0 aliphatic carbocycles. The molecule has 19 heavy (non-hydrogen) atoms. The van der Waals surface area contributed by atoms with Gasteiger partial charge in [-0.05, 0) is 37.6 Å². The average molecular weight is 260 g/mol. The van der Waals surface area contributed by atoms with Crippen LogP contribution in [0.4, 0.5) is 0 Å². The fraction of sp³-hybridized carbons (Fsp3) is 0.429. The van der Waals surface area contributed by atoms with Crippen LogP contribution in [0.1, 0.15) is 25.3 Å². The molecule has 0 amide bonds. The molecule has 0 fully saturated rings. The third-order valence-electron chi connectivity index (χ3n) is 3.40. The van der Waals surface area contributed by atoms with E-state index in [1.165, 1.54) is 5.56 Å². The van der Waals surface area contributed by atoms with E-state index in [1.54, 1.807) is 7.11 Å². The van der Waals surface area contributed by atoms with Crippen molar-refractivity contribution in [3.05, 3.63) is 29.7 Å². The van der Waals surface area contributed by atoms with Crippen LogP contribution in [0.3, 0.4) is 0 Å². The topological polar surface area (TPSA) is 57.4 Å². The van der Waals surface area contributed by atoms with Gasteiger partial charge in [0.2, 0.25) is 5.82 Å². The summed E-state index contributed by atoms with van der Waals surface area (Å²) in [7, 11) is 1.62. The van der Waals surface area contributed by atoms with E-state index in [9.17, 15) is 0 Å². The molecule has 0 unspecified atom stereocenters. The molecule has 3 rings (SSSR count). The Morgan fingerprint density at radius 2 is 2.16 bits per heavy atom. The first-order valence-corrected chi connectivity index (χ1v) is 6.25. The fourth-order valence-electron chi connectivity index (χ4n) is 2.00. The van der Waals surface area contributed by atoms with Crippen molar-refractivity contribution in [2.75, 3.05) is 13.7 Å². The Balaban J connectivity index is 1.95. The van der Waals surface area contributed by atoms with Crippen molar-refractivity contribution in [3.63, 3.8) is 0 Å². The van der Waals surface area contributed by atoms with Gasteiger partial charge in [-0.3, -0.25) is 0 Å². The van der Waals surface area contributed by atoms with Crippen LogP contribution < -0.4 is 4.74 Å². The summed E-state index contributed by atoms with van der Waals surface area (Å²) in [6.07, 6.45) is 0.928. The van der Waals surface area contributed by atoms with E-state index < -0.39 is 5.60 Å². The normalized spacial score (nSPS) is 14.3. The van der Waals surface area contributed by atoms with Crippen LogP contribution in [-0.4, -0.2) is 23.9 Å². The van der Waals surface area contributed by atoms with E-state index in [-0.39, 0.29) is 0 Å². The monoisotopic (exact) mass is 260 g/mol. The van der Waals surface area contributed by atoms with Crippen molar-refractivity contribution < 1.29 is 14.0 Å². The zero-order chi connectivity index (χ0) is 13.5. The zero-order valence-corrected chi connectivity index (χ0v) is 11.3. The Morgan fingerprint density at radius 1 is 1.32 bits per heavy atom. The number of hydrogen-bond donors (Lipinski definition) is 0. The Kier molecular flexibility index (Phi) is 2.78. The molecule has 2 aromatic rings. The van der Waals surface area contributed by atoms with E-state index in [0.29, 0.717) is 11.7 Å². The Morgan fingerprint density at radius 3 is 2.95 bits per heavy atom. The van der Waals surface area contributed by atoms with Crippen molar-refractivity contribution in [2.45, 2.75) is 25.9 Å². The van der Waals surface area contributed by atoms with Crippen molar-refractivity contribution in [1.82, 2.24) is 10.1 Å². The lowest BCUT2D eigenvalue weighted by Crippen LogP contribution is -2.19. The van der Waals surface area contributed by atoms with Gasteiger partial charge in [-0.15, -0.1) is 0 Å². The average Bonchev–Trinajstić information content (AvgIpc) is 3.06. The first-order chi connectivity index (χ1) is 9.10. The summed E-state index contributed by atoms with van der Waals surface area (Å²) in [6, 6.07) is 5.95. The maximum atomic E-state index is 5.48. The number of methoxy groups -OCH3 is 1. The summed E-state index contributed by atoms with van der Waals surface area (Å²) in [5.74, 6) is 2.00. The van der Waals surface area contributed by atoms with Crippen LogP contribution in [-0.2, 0) is 16.8 Å². The first kappa shape index (κ1) is 12.2. The summed E-state index contributed by atoms with van der Waals surface area (Å²) in [6.45, 7) is 4.52. The molecule has 5 heteroatoms. The van der Waals surface area contributed by atoms with Gasteiger partial charge in [0.1, 0.15) is 11.4 Å². The van der Waals surface area contributed by atoms with Crippen LogP contribution in [0.5, 0.6) is 5.75 Å². The molecule has 5 nitrogen and oxygen atoms in total. The van der Waals surface area contributed by atoms with Crippen LogP contribution in [0.25, 0.3) is 11.4 Å². The smallest absolute Gasteiger partial charge is 0.258 e. The van der Waals surface area contributed by atoms with Gasteiger partial charge < -0.3 is 14.0 Å². The maximum Gasteiger partial charge on any atom is 0.258 e. The molecule has 100 valence electrons. The minimum absolute atomic E-state index is 0.474.